The summed E-state index contributed by atoms with van der Waals surface area (Å²) in [5, 5.41) is 7.35. The van der Waals surface area contributed by atoms with Crippen molar-refractivity contribution in [2.75, 3.05) is 17.5 Å². The van der Waals surface area contributed by atoms with Crippen molar-refractivity contribution in [1.82, 2.24) is 10.7 Å². The maximum absolute atomic E-state index is 13.4. The van der Waals surface area contributed by atoms with Gasteiger partial charge < -0.3 is 10.1 Å². The number of benzene rings is 3. The van der Waals surface area contributed by atoms with E-state index in [0.29, 0.717) is 11.3 Å². The molecule has 0 aliphatic heterocycles. The second-order valence-corrected chi connectivity index (χ2v) is 12.2. The molecule has 12 heteroatoms. The zero-order valence-electron chi connectivity index (χ0n) is 22.1. The molecule has 1 saturated carbocycles. The largest absolute Gasteiger partial charge is 0.484 e. The quantitative estimate of drug-likeness (QED) is 0.228. The highest BCUT2D eigenvalue weighted by atomic mass is 35.5. The first-order valence-corrected chi connectivity index (χ1v) is 15.3. The third kappa shape index (κ3) is 8.69. The summed E-state index contributed by atoms with van der Waals surface area (Å²) in [6.45, 7) is -0.622. The third-order valence-electron chi connectivity index (χ3n) is 6.43. The summed E-state index contributed by atoms with van der Waals surface area (Å²) in [6, 6.07) is 19.1. The highest BCUT2D eigenvalue weighted by Gasteiger charge is 2.27. The van der Waals surface area contributed by atoms with E-state index in [0.717, 1.165) is 30.0 Å². The van der Waals surface area contributed by atoms with Gasteiger partial charge in [-0.05, 0) is 73.0 Å². The summed E-state index contributed by atoms with van der Waals surface area (Å²) < 4.78 is 33.3. The van der Waals surface area contributed by atoms with Crippen molar-refractivity contribution in [2.24, 2.45) is 5.10 Å². The van der Waals surface area contributed by atoms with Crippen LogP contribution < -0.4 is 19.8 Å². The second-order valence-electron chi connectivity index (χ2n) is 9.48. The molecule has 41 heavy (non-hydrogen) atoms. The number of halogens is 2. The third-order valence-corrected chi connectivity index (χ3v) is 8.96. The zero-order chi connectivity index (χ0) is 29.2. The summed E-state index contributed by atoms with van der Waals surface area (Å²) in [6.07, 6.45) is 6.91. The molecule has 2 N–H and O–H groups in total. The Balaban J connectivity index is 1.34. The van der Waals surface area contributed by atoms with Crippen molar-refractivity contribution in [3.8, 4) is 5.75 Å². The van der Waals surface area contributed by atoms with Crippen molar-refractivity contribution in [3.05, 3.63) is 88.4 Å². The molecule has 0 atom stereocenters. The van der Waals surface area contributed by atoms with Crippen LogP contribution >= 0.6 is 23.2 Å². The fourth-order valence-corrected chi connectivity index (χ4v) is 6.06. The smallest absolute Gasteiger partial charge is 0.264 e. The first-order valence-electron chi connectivity index (χ1n) is 13.1. The highest BCUT2D eigenvalue weighted by molar-refractivity contribution is 7.92. The SMILES string of the molecule is O=C(CN(c1ccc(Cl)c(Cl)c1)S(=O)(=O)c1ccccc1)N/N=C/c1ccc(OCC(=O)NC2CCCCC2)cc1. The Morgan fingerprint density at radius 3 is 2.32 bits per heavy atom. The Hall–Kier alpha value is -3.60. The fraction of sp³-hybridized carbons (Fsp3) is 0.276. The molecule has 0 saturated heterocycles. The fourth-order valence-electron chi connectivity index (χ4n) is 4.33. The molecule has 0 unspecified atom stereocenters. The van der Waals surface area contributed by atoms with Crippen LogP contribution in [-0.4, -0.2) is 45.6 Å². The first kappa shape index (κ1) is 30.4. The predicted octanol–water partition coefficient (Wildman–Crippen LogP) is 5.17. The van der Waals surface area contributed by atoms with Gasteiger partial charge in [-0.3, -0.25) is 13.9 Å². The molecule has 4 rings (SSSR count). The van der Waals surface area contributed by atoms with Crippen LogP contribution in [-0.2, 0) is 19.6 Å². The maximum atomic E-state index is 13.4. The predicted molar refractivity (Wildman–Crippen MR) is 160 cm³/mol. The van der Waals surface area contributed by atoms with Crippen LogP contribution in [0.25, 0.3) is 0 Å². The van der Waals surface area contributed by atoms with Crippen LogP contribution in [0.3, 0.4) is 0 Å². The summed E-state index contributed by atoms with van der Waals surface area (Å²) in [4.78, 5) is 24.9. The van der Waals surface area contributed by atoms with E-state index >= 15 is 0 Å². The van der Waals surface area contributed by atoms with Crippen molar-refractivity contribution in [3.63, 3.8) is 0 Å². The molecule has 1 fully saturated rings. The number of hydrogen-bond acceptors (Lipinski definition) is 6. The van der Waals surface area contributed by atoms with E-state index in [1.54, 1.807) is 42.5 Å². The number of anilines is 1. The number of sulfonamides is 1. The molecule has 0 aromatic heterocycles. The van der Waals surface area contributed by atoms with Crippen LogP contribution in [0.1, 0.15) is 37.7 Å². The van der Waals surface area contributed by atoms with Gasteiger partial charge in [0.05, 0.1) is 26.8 Å². The van der Waals surface area contributed by atoms with E-state index in [1.807, 2.05) is 0 Å². The van der Waals surface area contributed by atoms with Crippen LogP contribution in [0, 0.1) is 0 Å². The van der Waals surface area contributed by atoms with Gasteiger partial charge in [-0.2, -0.15) is 5.10 Å². The van der Waals surface area contributed by atoms with Gasteiger partial charge in [0.15, 0.2) is 6.61 Å². The highest BCUT2D eigenvalue weighted by Crippen LogP contribution is 2.30. The lowest BCUT2D eigenvalue weighted by atomic mass is 9.95. The number of nitrogens with zero attached hydrogens (tertiary/aromatic N) is 2. The summed E-state index contributed by atoms with van der Waals surface area (Å²) in [5.74, 6) is -0.293. The van der Waals surface area contributed by atoms with Gasteiger partial charge in [0.1, 0.15) is 12.3 Å². The zero-order valence-corrected chi connectivity index (χ0v) is 24.5. The summed E-state index contributed by atoms with van der Waals surface area (Å²) in [5.41, 5.74) is 3.18. The van der Waals surface area contributed by atoms with E-state index in [9.17, 15) is 18.0 Å². The van der Waals surface area contributed by atoms with Crippen LogP contribution in [0.15, 0.2) is 82.8 Å². The van der Waals surface area contributed by atoms with E-state index in [2.05, 4.69) is 15.8 Å². The Kier molecular flexibility index (Phi) is 10.6. The number of carbonyl (C=O) groups excluding carboxylic acids is 2. The van der Waals surface area contributed by atoms with Crippen molar-refractivity contribution in [2.45, 2.75) is 43.0 Å². The Labute approximate surface area is 249 Å². The maximum Gasteiger partial charge on any atom is 0.264 e. The molecule has 1 aliphatic rings. The number of carbonyl (C=O) groups is 2. The molecule has 9 nitrogen and oxygen atoms in total. The minimum atomic E-state index is -4.10. The molecule has 0 radical (unpaired) electrons. The van der Waals surface area contributed by atoms with E-state index in [4.69, 9.17) is 27.9 Å². The topological polar surface area (TPSA) is 117 Å². The van der Waals surface area contributed by atoms with E-state index in [-0.39, 0.29) is 39.2 Å². The van der Waals surface area contributed by atoms with Gasteiger partial charge in [-0.25, -0.2) is 13.8 Å². The second kappa shape index (κ2) is 14.3. The lowest BCUT2D eigenvalue weighted by Crippen LogP contribution is -2.39. The lowest BCUT2D eigenvalue weighted by Gasteiger charge is -2.24. The molecular weight excluding hydrogens is 587 g/mol. The molecule has 2 amide bonds. The van der Waals surface area contributed by atoms with Gasteiger partial charge in [0.2, 0.25) is 0 Å². The molecule has 0 bridgehead atoms. The molecule has 1 aliphatic carbocycles. The number of hydrazone groups is 1. The van der Waals surface area contributed by atoms with E-state index < -0.39 is 22.5 Å². The minimum absolute atomic E-state index is 0.0103. The van der Waals surface area contributed by atoms with Crippen LogP contribution in [0.5, 0.6) is 5.75 Å². The van der Waals surface area contributed by atoms with Crippen molar-refractivity contribution in [1.29, 1.82) is 0 Å². The van der Waals surface area contributed by atoms with Gasteiger partial charge in [0.25, 0.3) is 21.8 Å². The Morgan fingerprint density at radius 1 is 0.927 bits per heavy atom. The summed E-state index contributed by atoms with van der Waals surface area (Å²) >= 11 is 12.1. The average molecular weight is 618 g/mol. The van der Waals surface area contributed by atoms with Crippen LogP contribution in [0.2, 0.25) is 10.0 Å². The molecule has 0 spiro atoms. The lowest BCUT2D eigenvalue weighted by molar-refractivity contribution is -0.124. The number of nitrogens with one attached hydrogen (secondary N) is 2. The van der Waals surface area contributed by atoms with Gasteiger partial charge >= 0.3 is 0 Å². The Bertz CT molecular complexity index is 1480. The molecule has 3 aromatic carbocycles. The van der Waals surface area contributed by atoms with Crippen LogP contribution in [0.4, 0.5) is 5.69 Å². The number of hydrogen-bond donors (Lipinski definition) is 2. The Morgan fingerprint density at radius 2 is 1.63 bits per heavy atom. The molecular formula is C29H30Cl2N4O5S. The number of amides is 2. The van der Waals surface area contributed by atoms with Gasteiger partial charge in [0, 0.05) is 6.04 Å². The average Bonchev–Trinajstić information content (AvgIpc) is 2.98. The first-order chi connectivity index (χ1) is 19.7. The van der Waals surface area contributed by atoms with Gasteiger partial charge in [-0.15, -0.1) is 0 Å². The number of ether oxygens (including phenoxy) is 1. The summed E-state index contributed by atoms with van der Waals surface area (Å²) in [7, 11) is -4.10. The number of rotatable bonds is 11. The molecule has 0 heterocycles. The monoisotopic (exact) mass is 616 g/mol. The van der Waals surface area contributed by atoms with Gasteiger partial charge in [-0.1, -0.05) is 60.7 Å². The molecule has 216 valence electrons. The van der Waals surface area contributed by atoms with E-state index in [1.165, 1.54) is 43.0 Å². The van der Waals surface area contributed by atoms with Crippen molar-refractivity contribution < 1.29 is 22.7 Å². The standard InChI is InChI=1S/C29H30Cl2N4O5S/c30-26-16-13-23(17-27(26)31)35(41(38,39)25-9-5-2-6-10-25)19-28(36)34-32-18-21-11-14-24(15-12-21)40-20-29(37)33-22-7-3-1-4-8-22/h2,5-6,9-18,22H,1,3-4,7-8,19-20H2,(H,33,37)(H,34,36)/b32-18+. The minimum Gasteiger partial charge on any atom is -0.484 e. The van der Waals surface area contributed by atoms with Crippen molar-refractivity contribution >= 4 is 56.9 Å². The normalized spacial score (nSPS) is 14.0. The molecule has 3 aromatic rings.